The highest BCUT2D eigenvalue weighted by Gasteiger charge is 2.26. The fourth-order valence-corrected chi connectivity index (χ4v) is 2.04. The fraction of sp³-hybridized carbons (Fsp3) is 0.923. The van der Waals surface area contributed by atoms with Gasteiger partial charge in [-0.2, -0.15) is 0 Å². The Hall–Kier alpha value is -0.650. The van der Waals surface area contributed by atoms with E-state index in [9.17, 15) is 15.0 Å². The number of nitrogens with zero attached hydrogens (tertiary/aromatic N) is 1. The van der Waals surface area contributed by atoms with Crippen molar-refractivity contribution < 1.29 is 15.0 Å². The molecule has 106 valence electrons. The number of carbonyl (C=O) groups excluding carboxylic acids is 1. The summed E-state index contributed by atoms with van der Waals surface area (Å²) in [4.78, 5) is 14.0. The number of amides is 1. The minimum atomic E-state index is -0.573. The molecule has 0 saturated carbocycles. The Morgan fingerprint density at radius 1 is 1.28 bits per heavy atom. The molecule has 1 atom stereocenters. The van der Waals surface area contributed by atoms with Gasteiger partial charge in [0.15, 0.2) is 0 Å². The molecule has 1 aliphatic heterocycles. The first-order valence-electron chi connectivity index (χ1n) is 6.76. The molecule has 3 N–H and O–H groups in total. The molecule has 5 nitrogen and oxygen atoms in total. The van der Waals surface area contributed by atoms with Crippen molar-refractivity contribution in [3.63, 3.8) is 0 Å². The normalized spacial score (nSPS) is 18.8. The number of piperidine rings is 1. The van der Waals surface area contributed by atoms with E-state index < -0.39 is 5.41 Å². The van der Waals surface area contributed by atoms with E-state index in [1.165, 1.54) is 6.42 Å². The van der Waals surface area contributed by atoms with E-state index >= 15 is 0 Å². The molecular formula is C13H26N2O3. The Morgan fingerprint density at radius 2 is 1.83 bits per heavy atom. The number of carbonyl (C=O) groups is 1. The molecule has 0 bridgehead atoms. The summed E-state index contributed by atoms with van der Waals surface area (Å²) in [5.41, 5.74) is -0.573. The first kappa shape index (κ1) is 15.4. The summed E-state index contributed by atoms with van der Waals surface area (Å²) in [5.74, 6) is 0.118. The van der Waals surface area contributed by atoms with Gasteiger partial charge in [0.2, 0.25) is 5.91 Å². The van der Waals surface area contributed by atoms with Crippen LogP contribution in [-0.4, -0.2) is 59.9 Å². The molecule has 0 aromatic heterocycles. The maximum atomic E-state index is 12.1. The molecule has 1 amide bonds. The second-order valence-corrected chi connectivity index (χ2v) is 5.62. The predicted octanol–water partition coefficient (Wildman–Crippen LogP) is -0.0321. The van der Waals surface area contributed by atoms with Gasteiger partial charge in [-0.1, -0.05) is 6.92 Å². The lowest BCUT2D eigenvalue weighted by atomic mass is 9.93. The van der Waals surface area contributed by atoms with E-state index in [1.807, 2.05) is 11.8 Å². The van der Waals surface area contributed by atoms with Crippen LogP contribution in [0.15, 0.2) is 0 Å². The van der Waals surface area contributed by atoms with Crippen molar-refractivity contribution in [2.45, 2.75) is 39.2 Å². The second kappa shape index (κ2) is 7.07. The third-order valence-corrected chi connectivity index (χ3v) is 3.64. The number of nitrogens with one attached hydrogen (secondary N) is 1. The summed E-state index contributed by atoms with van der Waals surface area (Å²) >= 11 is 0. The summed E-state index contributed by atoms with van der Waals surface area (Å²) in [6.45, 7) is 5.57. The lowest BCUT2D eigenvalue weighted by molar-refractivity contribution is -0.134. The monoisotopic (exact) mass is 258 g/mol. The van der Waals surface area contributed by atoms with Crippen LogP contribution in [0.4, 0.5) is 0 Å². The molecule has 0 aliphatic carbocycles. The van der Waals surface area contributed by atoms with Gasteiger partial charge in [0.25, 0.3) is 0 Å². The van der Waals surface area contributed by atoms with Crippen LogP contribution in [0, 0.1) is 5.41 Å². The number of hydrogen-bond donors (Lipinski definition) is 3. The van der Waals surface area contributed by atoms with Gasteiger partial charge in [-0.25, -0.2) is 0 Å². The summed E-state index contributed by atoms with van der Waals surface area (Å²) in [5, 5.41) is 21.5. The van der Waals surface area contributed by atoms with E-state index in [-0.39, 0.29) is 25.2 Å². The van der Waals surface area contributed by atoms with E-state index in [1.54, 1.807) is 6.92 Å². The summed E-state index contributed by atoms with van der Waals surface area (Å²) in [7, 11) is 0. The zero-order valence-corrected chi connectivity index (χ0v) is 11.5. The number of aliphatic hydroxyl groups excluding tert-OH is 2. The molecule has 1 unspecified atom stereocenters. The minimum Gasteiger partial charge on any atom is -0.396 e. The van der Waals surface area contributed by atoms with Crippen LogP contribution in [0.25, 0.3) is 0 Å². The maximum absolute atomic E-state index is 12.1. The quantitative estimate of drug-likeness (QED) is 0.625. The van der Waals surface area contributed by atoms with Crippen molar-refractivity contribution in [1.29, 1.82) is 0 Å². The minimum absolute atomic E-state index is 0.0961. The lowest BCUT2D eigenvalue weighted by Gasteiger charge is -2.31. The largest absolute Gasteiger partial charge is 0.396 e. The van der Waals surface area contributed by atoms with Gasteiger partial charge in [-0.3, -0.25) is 4.79 Å². The highest BCUT2D eigenvalue weighted by Crippen LogP contribution is 2.14. The molecule has 1 fully saturated rings. The predicted molar refractivity (Wildman–Crippen MR) is 70.2 cm³/mol. The SMILES string of the molecule is CC(NCC(C)(CO)CO)C(=O)N1CCCCC1. The van der Waals surface area contributed by atoms with Crippen molar-refractivity contribution in [3.8, 4) is 0 Å². The molecule has 0 aromatic rings. The molecule has 0 aromatic carbocycles. The number of rotatable bonds is 6. The summed E-state index contributed by atoms with van der Waals surface area (Å²) in [6.07, 6.45) is 3.38. The molecule has 1 rings (SSSR count). The van der Waals surface area contributed by atoms with Gasteiger partial charge in [0.05, 0.1) is 19.3 Å². The van der Waals surface area contributed by atoms with E-state index in [0.29, 0.717) is 6.54 Å². The van der Waals surface area contributed by atoms with Crippen molar-refractivity contribution in [1.82, 2.24) is 10.2 Å². The average molecular weight is 258 g/mol. The van der Waals surface area contributed by atoms with Crippen LogP contribution >= 0.6 is 0 Å². The Morgan fingerprint density at radius 3 is 2.33 bits per heavy atom. The zero-order valence-electron chi connectivity index (χ0n) is 11.5. The van der Waals surface area contributed by atoms with Crippen LogP contribution in [0.1, 0.15) is 33.1 Å². The fourth-order valence-electron chi connectivity index (χ4n) is 2.04. The van der Waals surface area contributed by atoms with E-state index in [4.69, 9.17) is 0 Å². The maximum Gasteiger partial charge on any atom is 0.239 e. The Balaban J connectivity index is 2.39. The van der Waals surface area contributed by atoms with Crippen molar-refractivity contribution >= 4 is 5.91 Å². The first-order valence-corrected chi connectivity index (χ1v) is 6.76. The molecular weight excluding hydrogens is 232 g/mol. The van der Waals surface area contributed by atoms with Crippen LogP contribution in [0.2, 0.25) is 0 Å². The molecule has 18 heavy (non-hydrogen) atoms. The Labute approximate surface area is 109 Å². The van der Waals surface area contributed by atoms with Gasteiger partial charge in [-0.15, -0.1) is 0 Å². The van der Waals surface area contributed by atoms with E-state index in [2.05, 4.69) is 5.32 Å². The van der Waals surface area contributed by atoms with Crippen LogP contribution in [-0.2, 0) is 4.79 Å². The summed E-state index contributed by atoms with van der Waals surface area (Å²) in [6, 6.07) is -0.263. The smallest absolute Gasteiger partial charge is 0.239 e. The zero-order chi connectivity index (χ0) is 13.6. The number of aliphatic hydroxyl groups is 2. The van der Waals surface area contributed by atoms with Crippen LogP contribution < -0.4 is 5.32 Å². The standard InChI is InChI=1S/C13H26N2O3/c1-11(14-8-13(2,9-16)10-17)12(18)15-6-4-3-5-7-15/h11,14,16-17H,3-10H2,1-2H3. The summed E-state index contributed by atoms with van der Waals surface area (Å²) < 4.78 is 0. The molecule has 0 radical (unpaired) electrons. The van der Waals surface area contributed by atoms with Gasteiger partial charge in [0, 0.05) is 25.0 Å². The van der Waals surface area contributed by atoms with Crippen molar-refractivity contribution in [2.24, 2.45) is 5.41 Å². The molecule has 0 spiro atoms. The third-order valence-electron chi connectivity index (χ3n) is 3.64. The topological polar surface area (TPSA) is 72.8 Å². The van der Waals surface area contributed by atoms with Gasteiger partial charge in [-0.05, 0) is 26.2 Å². The molecule has 1 aliphatic rings. The highest BCUT2D eigenvalue weighted by atomic mass is 16.3. The number of hydrogen-bond acceptors (Lipinski definition) is 4. The third kappa shape index (κ3) is 4.23. The second-order valence-electron chi connectivity index (χ2n) is 5.62. The van der Waals surface area contributed by atoms with Gasteiger partial charge < -0.3 is 20.4 Å². The first-order chi connectivity index (χ1) is 8.52. The van der Waals surface area contributed by atoms with Crippen LogP contribution in [0.3, 0.4) is 0 Å². The van der Waals surface area contributed by atoms with Crippen molar-refractivity contribution in [3.05, 3.63) is 0 Å². The average Bonchev–Trinajstić information content (AvgIpc) is 2.44. The van der Waals surface area contributed by atoms with Gasteiger partial charge in [0.1, 0.15) is 0 Å². The highest BCUT2D eigenvalue weighted by molar-refractivity contribution is 5.81. The number of likely N-dealkylation sites (tertiary alicyclic amines) is 1. The van der Waals surface area contributed by atoms with Gasteiger partial charge >= 0.3 is 0 Å². The van der Waals surface area contributed by atoms with E-state index in [0.717, 1.165) is 25.9 Å². The molecule has 1 saturated heterocycles. The van der Waals surface area contributed by atoms with Crippen LogP contribution in [0.5, 0.6) is 0 Å². The Bertz CT molecular complexity index is 261. The molecule has 5 heteroatoms. The molecule has 1 heterocycles. The lowest BCUT2D eigenvalue weighted by Crippen LogP contribution is -2.50. The van der Waals surface area contributed by atoms with Crippen molar-refractivity contribution in [2.75, 3.05) is 32.8 Å². The Kier molecular flexibility index (Phi) is 6.05.